The number of nitrogens with zero attached hydrogens (tertiary/aromatic N) is 1. The van der Waals surface area contributed by atoms with Gasteiger partial charge in [-0.05, 0) is 30.2 Å². The molecule has 2 heterocycles. The van der Waals surface area contributed by atoms with Crippen molar-refractivity contribution in [1.82, 2.24) is 4.90 Å². The molecular weight excluding hydrogens is 290 g/mol. The molecule has 0 spiro atoms. The van der Waals surface area contributed by atoms with Crippen LogP contribution in [-0.2, 0) is 4.74 Å². The fourth-order valence-electron chi connectivity index (χ4n) is 2.41. The van der Waals surface area contributed by atoms with Gasteiger partial charge in [-0.1, -0.05) is 20.8 Å². The van der Waals surface area contributed by atoms with Gasteiger partial charge in [0.1, 0.15) is 11.8 Å². The molecule has 0 aromatic carbocycles. The molecule has 0 radical (unpaired) electrons. The molecular formula is C15H21NO4S. The first-order chi connectivity index (χ1) is 9.76. The molecule has 1 aromatic rings. The van der Waals surface area contributed by atoms with Gasteiger partial charge >= 0.3 is 6.09 Å². The van der Waals surface area contributed by atoms with Crippen LogP contribution < -0.4 is 9.75 Å². The van der Waals surface area contributed by atoms with Crippen molar-refractivity contribution in [3.63, 3.8) is 0 Å². The summed E-state index contributed by atoms with van der Waals surface area (Å²) >= 11 is 1.35. The van der Waals surface area contributed by atoms with E-state index in [1.165, 1.54) is 11.3 Å². The van der Waals surface area contributed by atoms with E-state index >= 15 is 0 Å². The fraction of sp³-hybridized carbons (Fsp3) is 0.533. The number of aliphatic hydroxyl groups excluding tert-OH is 2. The van der Waals surface area contributed by atoms with Gasteiger partial charge in [0, 0.05) is 0 Å². The number of carbonyl (C=O) groups is 1. The van der Waals surface area contributed by atoms with Crippen LogP contribution in [0.3, 0.4) is 0 Å². The van der Waals surface area contributed by atoms with E-state index in [-0.39, 0.29) is 23.7 Å². The lowest BCUT2D eigenvalue weighted by Crippen LogP contribution is -2.50. The van der Waals surface area contributed by atoms with Crippen LogP contribution in [0.2, 0.25) is 0 Å². The fourth-order valence-corrected chi connectivity index (χ4v) is 3.29. The Morgan fingerprint density at radius 2 is 2.10 bits per heavy atom. The molecule has 0 saturated heterocycles. The van der Waals surface area contributed by atoms with Gasteiger partial charge in [-0.25, -0.2) is 9.69 Å². The SMILES string of the molecule is CCOC(=O)N1C(O)=c2ccsc2=C(O)C1CC(C)(C)C. The molecule has 1 aliphatic heterocycles. The number of hydrogen-bond acceptors (Lipinski definition) is 5. The summed E-state index contributed by atoms with van der Waals surface area (Å²) in [6.07, 6.45) is -0.133. The van der Waals surface area contributed by atoms with Crippen molar-refractivity contribution in [1.29, 1.82) is 0 Å². The summed E-state index contributed by atoms with van der Waals surface area (Å²) in [5.41, 5.74) is -0.127. The van der Waals surface area contributed by atoms with Crippen LogP contribution in [0.4, 0.5) is 4.79 Å². The van der Waals surface area contributed by atoms with Gasteiger partial charge < -0.3 is 14.9 Å². The van der Waals surface area contributed by atoms with Gasteiger partial charge in [0.2, 0.25) is 5.88 Å². The minimum atomic E-state index is -0.646. The molecule has 6 heteroatoms. The summed E-state index contributed by atoms with van der Waals surface area (Å²) in [6, 6.07) is 1.07. The van der Waals surface area contributed by atoms with E-state index in [1.807, 2.05) is 20.8 Å². The average Bonchev–Trinajstić information content (AvgIpc) is 2.84. The van der Waals surface area contributed by atoms with Gasteiger partial charge in [-0.3, -0.25) is 0 Å². The molecule has 0 fully saturated rings. The van der Waals surface area contributed by atoms with E-state index in [2.05, 4.69) is 0 Å². The lowest BCUT2D eigenvalue weighted by Gasteiger charge is -2.35. The number of thiophene rings is 1. The minimum absolute atomic E-state index is 0.112. The number of amides is 1. The maximum absolute atomic E-state index is 12.2. The molecule has 1 atom stereocenters. The Morgan fingerprint density at radius 1 is 1.43 bits per heavy atom. The van der Waals surface area contributed by atoms with Crippen molar-refractivity contribution >= 4 is 29.1 Å². The predicted octanol–water partition coefficient (Wildman–Crippen LogP) is 2.31. The zero-order chi connectivity index (χ0) is 15.8. The molecule has 2 N–H and O–H groups in total. The standard InChI is InChI=1S/C15H21NO4S/c1-5-20-14(19)16-10(8-15(2,3)4)11(17)12-9(13(16)18)6-7-21-12/h6-7,10,17-18H,5,8H2,1-4H3. The number of hydrogen-bond donors (Lipinski definition) is 2. The minimum Gasteiger partial charge on any atom is -0.509 e. The Labute approximate surface area is 127 Å². The van der Waals surface area contributed by atoms with E-state index in [0.717, 1.165) is 4.90 Å². The molecule has 1 aromatic heterocycles. The Bertz CT molecular complexity index is 656. The van der Waals surface area contributed by atoms with Crippen molar-refractivity contribution in [2.24, 2.45) is 5.41 Å². The second kappa shape index (κ2) is 5.60. The van der Waals surface area contributed by atoms with E-state index in [0.29, 0.717) is 16.2 Å². The van der Waals surface area contributed by atoms with Gasteiger partial charge in [-0.15, -0.1) is 11.3 Å². The van der Waals surface area contributed by atoms with Gasteiger partial charge in [0.25, 0.3) is 0 Å². The Balaban J connectivity index is 2.57. The molecule has 0 bridgehead atoms. The highest BCUT2D eigenvalue weighted by Crippen LogP contribution is 2.30. The normalized spacial score (nSPS) is 18.7. The molecule has 1 amide bonds. The molecule has 0 saturated carbocycles. The van der Waals surface area contributed by atoms with E-state index in [1.54, 1.807) is 18.4 Å². The predicted molar refractivity (Wildman–Crippen MR) is 82.4 cm³/mol. The summed E-state index contributed by atoms with van der Waals surface area (Å²) in [5.74, 6) is -0.0440. The highest BCUT2D eigenvalue weighted by Gasteiger charge is 2.37. The molecule has 116 valence electrons. The second-order valence-electron chi connectivity index (χ2n) is 6.22. The topological polar surface area (TPSA) is 70.0 Å². The maximum Gasteiger partial charge on any atom is 0.417 e. The monoisotopic (exact) mass is 311 g/mol. The van der Waals surface area contributed by atoms with Crippen LogP contribution in [-0.4, -0.2) is 33.9 Å². The van der Waals surface area contributed by atoms with Crippen molar-refractivity contribution in [2.75, 3.05) is 6.61 Å². The molecule has 1 aliphatic rings. The Morgan fingerprint density at radius 3 is 2.67 bits per heavy atom. The maximum atomic E-state index is 12.2. The van der Waals surface area contributed by atoms with E-state index < -0.39 is 12.1 Å². The number of carbonyl (C=O) groups excluding carboxylic acids is 1. The average molecular weight is 311 g/mol. The Kier molecular flexibility index (Phi) is 4.18. The van der Waals surface area contributed by atoms with E-state index in [4.69, 9.17) is 4.74 Å². The number of aliphatic hydroxyl groups is 2. The van der Waals surface area contributed by atoms with Crippen molar-refractivity contribution < 1.29 is 19.7 Å². The number of rotatable bonds is 2. The molecule has 21 heavy (non-hydrogen) atoms. The second-order valence-corrected chi connectivity index (χ2v) is 7.14. The highest BCUT2D eigenvalue weighted by atomic mass is 32.1. The van der Waals surface area contributed by atoms with Crippen molar-refractivity contribution in [2.45, 2.75) is 40.2 Å². The third-order valence-electron chi connectivity index (χ3n) is 3.26. The third kappa shape index (κ3) is 3.00. The summed E-state index contributed by atoms with van der Waals surface area (Å²) in [7, 11) is 0. The smallest absolute Gasteiger partial charge is 0.417 e. The van der Waals surface area contributed by atoms with Gasteiger partial charge in [0.15, 0.2) is 0 Å². The summed E-state index contributed by atoms with van der Waals surface area (Å²) < 4.78 is 5.63. The Hall–Kier alpha value is -1.69. The van der Waals surface area contributed by atoms with Crippen LogP contribution in [0, 0.1) is 5.41 Å². The zero-order valence-electron chi connectivity index (χ0n) is 12.7. The van der Waals surface area contributed by atoms with E-state index in [9.17, 15) is 15.0 Å². The van der Waals surface area contributed by atoms with Crippen LogP contribution >= 0.6 is 11.3 Å². The summed E-state index contributed by atoms with van der Waals surface area (Å²) in [6.45, 7) is 7.97. The molecule has 5 nitrogen and oxygen atoms in total. The first kappa shape index (κ1) is 15.7. The van der Waals surface area contributed by atoms with Gasteiger partial charge in [0.05, 0.1) is 16.4 Å². The lowest BCUT2D eigenvalue weighted by atomic mass is 9.86. The molecule has 2 rings (SSSR count). The highest BCUT2D eigenvalue weighted by molar-refractivity contribution is 7.07. The third-order valence-corrected chi connectivity index (χ3v) is 4.20. The van der Waals surface area contributed by atoms with Crippen LogP contribution in [0.5, 0.6) is 0 Å². The van der Waals surface area contributed by atoms with Crippen molar-refractivity contribution in [3.8, 4) is 0 Å². The quantitative estimate of drug-likeness (QED) is 0.879. The zero-order valence-corrected chi connectivity index (χ0v) is 13.5. The van der Waals surface area contributed by atoms with Crippen molar-refractivity contribution in [3.05, 3.63) is 21.2 Å². The van der Waals surface area contributed by atoms with Gasteiger partial charge in [-0.2, -0.15) is 0 Å². The number of fused-ring (bicyclic) bond motifs is 1. The molecule has 1 unspecified atom stereocenters. The van der Waals surface area contributed by atoms with Crippen LogP contribution in [0.1, 0.15) is 34.1 Å². The summed E-state index contributed by atoms with van der Waals surface area (Å²) in [5, 5.41) is 23.2. The molecule has 0 aliphatic carbocycles. The first-order valence-electron chi connectivity index (χ1n) is 6.92. The van der Waals surface area contributed by atoms with Crippen LogP contribution in [0.15, 0.2) is 11.4 Å². The first-order valence-corrected chi connectivity index (χ1v) is 7.80. The van der Waals surface area contributed by atoms with Crippen LogP contribution in [0.25, 0.3) is 11.6 Å². The largest absolute Gasteiger partial charge is 0.509 e. The lowest BCUT2D eigenvalue weighted by molar-refractivity contribution is 0.0964. The number of ether oxygens (including phenoxy) is 1. The summed E-state index contributed by atoms with van der Waals surface area (Å²) in [4.78, 5) is 13.3.